The first-order chi connectivity index (χ1) is 8.52. The molecule has 18 heavy (non-hydrogen) atoms. The van der Waals surface area contributed by atoms with E-state index in [2.05, 4.69) is 13.8 Å². The maximum absolute atomic E-state index is 13.3. The molecule has 0 bridgehead atoms. The molecule has 100 valence electrons. The minimum absolute atomic E-state index is 0.204. The van der Waals surface area contributed by atoms with Crippen molar-refractivity contribution < 1.29 is 9.13 Å². The molecule has 1 rings (SSSR count). The number of halogens is 1. The van der Waals surface area contributed by atoms with Gasteiger partial charge in [-0.2, -0.15) is 0 Å². The summed E-state index contributed by atoms with van der Waals surface area (Å²) in [6, 6.07) is 4.56. The fraction of sp³-hybridized carbons (Fsp3) is 0.500. The lowest BCUT2D eigenvalue weighted by molar-refractivity contribution is 0.0892. The predicted molar refractivity (Wildman–Crippen MR) is 76.0 cm³/mol. The number of thiocarbonyl (C=S) groups is 1. The molecule has 0 aliphatic rings. The van der Waals surface area contributed by atoms with Crippen molar-refractivity contribution in [3.8, 4) is 0 Å². The highest BCUT2D eigenvalue weighted by Crippen LogP contribution is 2.12. The van der Waals surface area contributed by atoms with E-state index >= 15 is 0 Å². The van der Waals surface area contributed by atoms with E-state index < -0.39 is 0 Å². The number of nitrogens with two attached hydrogens (primary N) is 1. The summed E-state index contributed by atoms with van der Waals surface area (Å²) in [5, 5.41) is 0. The summed E-state index contributed by atoms with van der Waals surface area (Å²) in [5.41, 5.74) is 6.80. The summed E-state index contributed by atoms with van der Waals surface area (Å²) in [5.74, 6) is 0.194. The number of benzene rings is 1. The topological polar surface area (TPSA) is 35.2 Å². The van der Waals surface area contributed by atoms with E-state index in [0.29, 0.717) is 24.7 Å². The summed E-state index contributed by atoms with van der Waals surface area (Å²) in [6.07, 6.45) is 2.29. The smallest absolute Gasteiger partial charge is 0.124 e. The van der Waals surface area contributed by atoms with Gasteiger partial charge in [-0.3, -0.25) is 0 Å². The van der Waals surface area contributed by atoms with Crippen molar-refractivity contribution in [2.45, 2.75) is 33.3 Å². The van der Waals surface area contributed by atoms with Crippen LogP contribution in [0.2, 0.25) is 0 Å². The van der Waals surface area contributed by atoms with Gasteiger partial charge in [-0.15, -0.1) is 0 Å². The Morgan fingerprint density at radius 1 is 1.44 bits per heavy atom. The number of hydrogen-bond acceptors (Lipinski definition) is 2. The molecule has 0 aromatic heterocycles. The molecule has 0 fully saturated rings. The fourth-order valence-electron chi connectivity index (χ4n) is 1.83. The van der Waals surface area contributed by atoms with Crippen LogP contribution in [0.4, 0.5) is 4.39 Å². The Bertz CT molecular complexity index is 409. The maximum atomic E-state index is 13.3. The van der Waals surface area contributed by atoms with E-state index in [4.69, 9.17) is 22.7 Å². The Kier molecular flexibility index (Phi) is 6.22. The first kappa shape index (κ1) is 15.1. The molecule has 1 atom stereocenters. The van der Waals surface area contributed by atoms with Crippen molar-refractivity contribution in [1.82, 2.24) is 0 Å². The molecule has 0 amide bonds. The third-order valence-corrected chi connectivity index (χ3v) is 2.93. The average Bonchev–Trinajstić information content (AvgIpc) is 2.28. The Labute approximate surface area is 113 Å². The van der Waals surface area contributed by atoms with E-state index in [9.17, 15) is 4.39 Å². The maximum Gasteiger partial charge on any atom is 0.124 e. The van der Waals surface area contributed by atoms with E-state index in [1.807, 2.05) is 0 Å². The van der Waals surface area contributed by atoms with Crippen molar-refractivity contribution in [1.29, 1.82) is 0 Å². The first-order valence-corrected chi connectivity index (χ1v) is 6.60. The molecule has 4 heteroatoms. The molecule has 0 aliphatic heterocycles. The van der Waals surface area contributed by atoms with E-state index in [-0.39, 0.29) is 10.8 Å². The van der Waals surface area contributed by atoms with Gasteiger partial charge in [-0.05, 0) is 36.1 Å². The molecule has 2 N–H and O–H groups in total. The average molecular weight is 269 g/mol. The van der Waals surface area contributed by atoms with Gasteiger partial charge in [0.2, 0.25) is 0 Å². The lowest BCUT2D eigenvalue weighted by Gasteiger charge is -2.11. The molecule has 0 heterocycles. The van der Waals surface area contributed by atoms with Crippen LogP contribution in [0.25, 0.3) is 0 Å². The Morgan fingerprint density at radius 3 is 2.78 bits per heavy atom. The van der Waals surface area contributed by atoms with Crippen LogP contribution in [0, 0.1) is 11.7 Å². The second-order valence-electron chi connectivity index (χ2n) is 4.62. The zero-order chi connectivity index (χ0) is 13.5. The molecule has 0 radical (unpaired) electrons. The van der Waals surface area contributed by atoms with Crippen LogP contribution in [0.5, 0.6) is 0 Å². The summed E-state index contributed by atoms with van der Waals surface area (Å²) >= 11 is 4.84. The monoisotopic (exact) mass is 269 g/mol. The lowest BCUT2D eigenvalue weighted by atomic mass is 10.1. The van der Waals surface area contributed by atoms with Crippen molar-refractivity contribution in [3.63, 3.8) is 0 Å². The highest BCUT2D eigenvalue weighted by Gasteiger charge is 2.05. The number of hydrogen-bond donors (Lipinski definition) is 1. The van der Waals surface area contributed by atoms with Crippen LogP contribution in [0.15, 0.2) is 18.2 Å². The van der Waals surface area contributed by atoms with Gasteiger partial charge in [-0.25, -0.2) is 4.39 Å². The normalized spacial score (nSPS) is 12.4. The molecule has 2 nitrogen and oxygen atoms in total. The molecular weight excluding hydrogens is 249 g/mol. The predicted octanol–water partition coefficient (Wildman–Crippen LogP) is 3.41. The van der Waals surface area contributed by atoms with E-state index in [1.54, 1.807) is 6.07 Å². The summed E-state index contributed by atoms with van der Waals surface area (Å²) in [4.78, 5) is 0.204. The van der Waals surface area contributed by atoms with Gasteiger partial charge in [0.15, 0.2) is 0 Å². The minimum atomic E-state index is -0.333. The van der Waals surface area contributed by atoms with E-state index in [0.717, 1.165) is 18.4 Å². The number of ether oxygens (including phenoxy) is 1. The lowest BCUT2D eigenvalue weighted by Crippen LogP contribution is -2.11. The van der Waals surface area contributed by atoms with Gasteiger partial charge < -0.3 is 10.5 Å². The molecule has 1 unspecified atom stereocenters. The highest BCUT2D eigenvalue weighted by atomic mass is 32.1. The van der Waals surface area contributed by atoms with Crippen LogP contribution < -0.4 is 5.73 Å². The van der Waals surface area contributed by atoms with Crippen molar-refractivity contribution in [2.75, 3.05) is 6.61 Å². The van der Waals surface area contributed by atoms with Crippen LogP contribution in [0.1, 0.15) is 37.8 Å². The third-order valence-electron chi connectivity index (χ3n) is 2.69. The van der Waals surface area contributed by atoms with Crippen LogP contribution >= 0.6 is 12.2 Å². The quantitative estimate of drug-likeness (QED) is 0.770. The molecule has 1 aromatic rings. The highest BCUT2D eigenvalue weighted by molar-refractivity contribution is 7.80. The fourth-order valence-corrected chi connectivity index (χ4v) is 1.95. The van der Waals surface area contributed by atoms with Crippen LogP contribution in [-0.4, -0.2) is 11.6 Å². The molecule has 0 saturated heterocycles. The largest absolute Gasteiger partial charge is 0.389 e. The summed E-state index contributed by atoms with van der Waals surface area (Å²) < 4.78 is 18.9. The molecular formula is C14H20FNOS. The summed E-state index contributed by atoms with van der Waals surface area (Å²) in [6.45, 7) is 5.38. The van der Waals surface area contributed by atoms with E-state index in [1.165, 1.54) is 12.1 Å². The molecule has 1 aromatic carbocycles. The van der Waals surface area contributed by atoms with Gasteiger partial charge in [0.1, 0.15) is 10.8 Å². The SMILES string of the molecule is CCCC(C)COCc1cc(F)cc(C(N)=S)c1. The summed E-state index contributed by atoms with van der Waals surface area (Å²) in [7, 11) is 0. The Hall–Kier alpha value is -1.00. The zero-order valence-corrected chi connectivity index (χ0v) is 11.7. The molecule has 0 saturated carbocycles. The number of rotatable bonds is 7. The minimum Gasteiger partial charge on any atom is -0.389 e. The van der Waals surface area contributed by atoms with Gasteiger partial charge in [-0.1, -0.05) is 32.5 Å². The zero-order valence-electron chi connectivity index (χ0n) is 10.9. The van der Waals surface area contributed by atoms with Crippen molar-refractivity contribution >= 4 is 17.2 Å². The Balaban J connectivity index is 2.54. The standard InChI is InChI=1S/C14H20FNOS/c1-3-4-10(2)8-17-9-11-5-12(14(16)18)7-13(15)6-11/h5-7,10H,3-4,8-9H2,1-2H3,(H2,16,18). The van der Waals surface area contributed by atoms with Gasteiger partial charge >= 0.3 is 0 Å². The molecule has 0 spiro atoms. The second kappa shape index (κ2) is 7.44. The van der Waals surface area contributed by atoms with Gasteiger partial charge in [0, 0.05) is 12.2 Å². The third kappa shape index (κ3) is 5.10. The molecule has 0 aliphatic carbocycles. The van der Waals surface area contributed by atoms with Gasteiger partial charge in [0.25, 0.3) is 0 Å². The Morgan fingerprint density at radius 2 is 2.17 bits per heavy atom. The van der Waals surface area contributed by atoms with Crippen molar-refractivity contribution in [2.24, 2.45) is 11.7 Å². The van der Waals surface area contributed by atoms with Crippen LogP contribution in [0.3, 0.4) is 0 Å². The first-order valence-electron chi connectivity index (χ1n) is 6.20. The van der Waals surface area contributed by atoms with Crippen molar-refractivity contribution in [3.05, 3.63) is 35.1 Å². The van der Waals surface area contributed by atoms with Crippen LogP contribution in [-0.2, 0) is 11.3 Å². The second-order valence-corrected chi connectivity index (χ2v) is 5.06. The van der Waals surface area contributed by atoms with Gasteiger partial charge in [0.05, 0.1) is 6.61 Å².